The van der Waals surface area contributed by atoms with Gasteiger partial charge in [0.2, 0.25) is 5.91 Å². The second kappa shape index (κ2) is 4.70. The number of rotatable bonds is 3. The van der Waals surface area contributed by atoms with Gasteiger partial charge in [-0.2, -0.15) is 0 Å². The van der Waals surface area contributed by atoms with Crippen LogP contribution in [0.5, 0.6) is 0 Å². The molecule has 0 heterocycles. The van der Waals surface area contributed by atoms with Crippen molar-refractivity contribution in [2.45, 2.75) is 13.3 Å². The first kappa shape index (κ1) is 13.6. The lowest BCUT2D eigenvalue weighted by molar-refractivity contribution is -0.152. The summed E-state index contributed by atoms with van der Waals surface area (Å²) in [5, 5.41) is 12.5. The van der Waals surface area contributed by atoms with Gasteiger partial charge < -0.3 is 10.4 Å². The van der Waals surface area contributed by atoms with Crippen LogP contribution in [-0.2, 0) is 9.59 Å². The predicted octanol–water partition coefficient (Wildman–Crippen LogP) is 2.70. The maximum atomic E-state index is 12.7. The number of carbonyl (C=O) groups is 2. The van der Waals surface area contributed by atoms with Gasteiger partial charge in [-0.05, 0) is 49.1 Å². The van der Waals surface area contributed by atoms with Gasteiger partial charge in [-0.1, -0.05) is 29.8 Å². The van der Waals surface area contributed by atoms with E-state index in [4.69, 9.17) is 0 Å². The van der Waals surface area contributed by atoms with Gasteiger partial charge in [-0.25, -0.2) is 0 Å². The molecule has 4 aliphatic rings. The molecule has 5 rings (SSSR count). The fourth-order valence-electron chi connectivity index (χ4n) is 4.43. The van der Waals surface area contributed by atoms with Crippen LogP contribution in [0.3, 0.4) is 0 Å². The van der Waals surface area contributed by atoms with Crippen LogP contribution in [-0.4, -0.2) is 17.0 Å². The first-order valence-corrected chi connectivity index (χ1v) is 7.85. The molecule has 4 heteroatoms. The molecule has 1 amide bonds. The zero-order chi connectivity index (χ0) is 15.4. The number of aryl methyl sites for hydroxylation is 1. The molecule has 1 aromatic rings. The summed E-state index contributed by atoms with van der Waals surface area (Å²) in [7, 11) is 0. The highest BCUT2D eigenvalue weighted by Gasteiger charge is 2.62. The average molecular weight is 297 g/mol. The van der Waals surface area contributed by atoms with E-state index in [9.17, 15) is 14.7 Å². The van der Waals surface area contributed by atoms with Gasteiger partial charge >= 0.3 is 5.97 Å². The molecule has 0 saturated heterocycles. The number of carboxylic acid groups (broad SMARTS) is 1. The van der Waals surface area contributed by atoms with Crippen LogP contribution in [0, 0.1) is 42.4 Å². The van der Waals surface area contributed by atoms with Crippen molar-refractivity contribution < 1.29 is 14.7 Å². The molecule has 114 valence electrons. The van der Waals surface area contributed by atoms with Crippen molar-refractivity contribution in [2.24, 2.45) is 35.5 Å². The van der Waals surface area contributed by atoms with Gasteiger partial charge in [0, 0.05) is 5.69 Å². The quantitative estimate of drug-likeness (QED) is 0.843. The van der Waals surface area contributed by atoms with E-state index in [-0.39, 0.29) is 17.7 Å². The highest BCUT2D eigenvalue weighted by Crippen LogP contribution is 2.63. The first-order valence-electron chi connectivity index (χ1n) is 7.85. The van der Waals surface area contributed by atoms with E-state index in [2.05, 4.69) is 11.4 Å². The van der Waals surface area contributed by atoms with Crippen molar-refractivity contribution in [1.29, 1.82) is 0 Å². The smallest absolute Gasteiger partial charge is 0.307 e. The molecule has 4 nitrogen and oxygen atoms in total. The zero-order valence-corrected chi connectivity index (χ0v) is 12.4. The van der Waals surface area contributed by atoms with Crippen LogP contribution in [0.15, 0.2) is 36.4 Å². The number of nitrogens with one attached hydrogen (secondary N) is 1. The molecule has 6 atom stereocenters. The fraction of sp³-hybridized carbons (Fsp3) is 0.444. The molecule has 0 aliphatic heterocycles. The summed E-state index contributed by atoms with van der Waals surface area (Å²) >= 11 is 0. The fourth-order valence-corrected chi connectivity index (χ4v) is 4.43. The highest BCUT2D eigenvalue weighted by molar-refractivity contribution is 5.96. The third-order valence-corrected chi connectivity index (χ3v) is 5.56. The third-order valence-electron chi connectivity index (χ3n) is 5.56. The van der Waals surface area contributed by atoms with Crippen molar-refractivity contribution in [3.63, 3.8) is 0 Å². The van der Waals surface area contributed by atoms with Crippen LogP contribution in [0.25, 0.3) is 0 Å². The Morgan fingerprint density at radius 3 is 2.23 bits per heavy atom. The Morgan fingerprint density at radius 2 is 1.64 bits per heavy atom. The molecule has 0 radical (unpaired) electrons. The highest BCUT2D eigenvalue weighted by atomic mass is 16.4. The second-order valence-electron chi connectivity index (χ2n) is 6.85. The minimum atomic E-state index is -0.839. The van der Waals surface area contributed by atoms with Gasteiger partial charge in [-0.3, -0.25) is 9.59 Å². The van der Waals surface area contributed by atoms with Crippen molar-refractivity contribution in [1.82, 2.24) is 0 Å². The molecule has 2 bridgehead atoms. The van der Waals surface area contributed by atoms with Crippen LogP contribution < -0.4 is 5.32 Å². The van der Waals surface area contributed by atoms with Crippen molar-refractivity contribution >= 4 is 17.6 Å². The molecule has 2 N–H and O–H groups in total. The lowest BCUT2D eigenvalue weighted by Gasteiger charge is -2.41. The van der Waals surface area contributed by atoms with Gasteiger partial charge in [0.1, 0.15) is 0 Å². The van der Waals surface area contributed by atoms with Gasteiger partial charge in [0.15, 0.2) is 0 Å². The van der Waals surface area contributed by atoms with E-state index >= 15 is 0 Å². The average Bonchev–Trinajstić information content (AvgIpc) is 3.30. The summed E-state index contributed by atoms with van der Waals surface area (Å²) < 4.78 is 0. The van der Waals surface area contributed by atoms with Crippen LogP contribution in [0.2, 0.25) is 0 Å². The SMILES string of the molecule is Cc1ccc(NC(=O)C2C3C=CC(C4CC34)C2C(=O)O)cc1. The Balaban J connectivity index is 1.60. The Hall–Kier alpha value is -2.10. The lowest BCUT2D eigenvalue weighted by Crippen LogP contribution is -2.48. The molecule has 6 unspecified atom stereocenters. The molecule has 0 spiro atoms. The number of fused-ring (bicyclic) bond motifs is 1. The summed E-state index contributed by atoms with van der Waals surface area (Å²) in [5.74, 6) is -0.904. The van der Waals surface area contributed by atoms with Crippen LogP contribution >= 0.6 is 0 Å². The summed E-state index contributed by atoms with van der Waals surface area (Å²) in [4.78, 5) is 24.4. The Kier molecular flexibility index (Phi) is 2.90. The van der Waals surface area contributed by atoms with Crippen molar-refractivity contribution in [2.75, 3.05) is 5.32 Å². The van der Waals surface area contributed by atoms with Crippen molar-refractivity contribution in [3.05, 3.63) is 42.0 Å². The Bertz CT molecular complexity index is 663. The number of carbonyl (C=O) groups excluding carboxylic acids is 1. The van der Waals surface area contributed by atoms with E-state index in [0.717, 1.165) is 17.7 Å². The summed E-state index contributed by atoms with van der Waals surface area (Å²) in [6, 6.07) is 7.60. The maximum absolute atomic E-state index is 12.7. The van der Waals surface area contributed by atoms with Gasteiger partial charge in [-0.15, -0.1) is 0 Å². The molecule has 0 aromatic heterocycles. The summed E-state index contributed by atoms with van der Waals surface area (Å²) in [6.07, 6.45) is 5.19. The number of anilines is 1. The Labute approximate surface area is 129 Å². The number of aliphatic carboxylic acids is 1. The molecular formula is C18H19NO3. The van der Waals surface area contributed by atoms with Gasteiger partial charge in [0.05, 0.1) is 11.8 Å². The Morgan fingerprint density at radius 1 is 1.05 bits per heavy atom. The second-order valence-corrected chi connectivity index (χ2v) is 6.85. The number of benzene rings is 1. The topological polar surface area (TPSA) is 66.4 Å². The predicted molar refractivity (Wildman–Crippen MR) is 82.1 cm³/mol. The zero-order valence-electron chi connectivity index (χ0n) is 12.4. The minimum Gasteiger partial charge on any atom is -0.481 e. The molecule has 2 saturated carbocycles. The van der Waals surface area contributed by atoms with Crippen LogP contribution in [0.1, 0.15) is 12.0 Å². The van der Waals surface area contributed by atoms with E-state index in [1.54, 1.807) is 0 Å². The molecule has 1 aromatic carbocycles. The van der Waals surface area contributed by atoms with E-state index in [1.165, 1.54) is 0 Å². The largest absolute Gasteiger partial charge is 0.481 e. The van der Waals surface area contributed by atoms with E-state index in [0.29, 0.717) is 11.8 Å². The first-order chi connectivity index (χ1) is 10.6. The number of hydrogen-bond acceptors (Lipinski definition) is 2. The third kappa shape index (κ3) is 1.97. The van der Waals surface area contributed by atoms with Crippen LogP contribution in [0.4, 0.5) is 5.69 Å². The molecule has 22 heavy (non-hydrogen) atoms. The number of amides is 1. The molecular weight excluding hydrogens is 278 g/mol. The number of hydrogen-bond donors (Lipinski definition) is 2. The van der Waals surface area contributed by atoms with Crippen molar-refractivity contribution in [3.8, 4) is 0 Å². The number of carboxylic acids is 1. The number of allylic oxidation sites excluding steroid dienone is 2. The lowest BCUT2D eigenvalue weighted by atomic mass is 9.62. The summed E-state index contributed by atoms with van der Waals surface area (Å²) in [5.41, 5.74) is 1.86. The normalized spacial score (nSPS) is 37.5. The maximum Gasteiger partial charge on any atom is 0.307 e. The minimum absolute atomic E-state index is 0.0290. The molecule has 4 aliphatic carbocycles. The van der Waals surface area contributed by atoms with E-state index < -0.39 is 17.8 Å². The standard InChI is InChI=1S/C18H19NO3/c1-9-2-4-10(5-3-9)19-17(20)15-11-6-7-12(14-8-13(11)14)16(15)18(21)22/h2-7,11-16H,8H2,1H3,(H,19,20)(H,21,22). The monoisotopic (exact) mass is 297 g/mol. The van der Waals surface area contributed by atoms with E-state index in [1.807, 2.05) is 37.3 Å². The molecule has 2 fully saturated rings. The van der Waals surface area contributed by atoms with Gasteiger partial charge in [0.25, 0.3) is 0 Å². The summed E-state index contributed by atoms with van der Waals surface area (Å²) in [6.45, 7) is 1.99.